The number of ether oxygens (including phenoxy) is 2. The summed E-state index contributed by atoms with van der Waals surface area (Å²) in [4.78, 5) is 20.0. The average Bonchev–Trinajstić information content (AvgIpc) is 2.88. The number of nitrogens with zero attached hydrogens (tertiary/aromatic N) is 3. The van der Waals surface area contributed by atoms with Crippen molar-refractivity contribution >= 4 is 11.8 Å². The molecule has 0 aromatic heterocycles. The number of hydrogen-bond donors (Lipinski definition) is 1. The standard InChI is InChI=1S/C27H38N4O3/c1-29(16-18-31-19-21-33-22-20-31)15-17-30-13-11-24(12-14-30)34-27(32)28-26-10-6-5-9-25(26)23-7-3-2-4-8-23/h2-10,24H,11-22H2,1H3,(H,28,32). The van der Waals surface area contributed by atoms with Gasteiger partial charge in [-0.15, -0.1) is 0 Å². The summed E-state index contributed by atoms with van der Waals surface area (Å²) in [5, 5.41) is 2.96. The number of rotatable bonds is 9. The summed E-state index contributed by atoms with van der Waals surface area (Å²) in [6.45, 7) is 10.1. The maximum absolute atomic E-state index is 12.6. The van der Waals surface area contributed by atoms with Crippen molar-refractivity contribution in [3.05, 3.63) is 54.6 Å². The molecule has 4 rings (SSSR count). The normalized spacial score (nSPS) is 18.2. The van der Waals surface area contributed by atoms with Crippen LogP contribution in [0.1, 0.15) is 12.8 Å². The molecule has 0 unspecified atom stereocenters. The molecule has 0 saturated carbocycles. The van der Waals surface area contributed by atoms with Crippen molar-refractivity contribution in [3.63, 3.8) is 0 Å². The Morgan fingerprint density at radius 3 is 2.26 bits per heavy atom. The number of carbonyl (C=O) groups excluding carboxylic acids is 1. The van der Waals surface area contributed by atoms with Crippen molar-refractivity contribution in [2.24, 2.45) is 0 Å². The summed E-state index contributed by atoms with van der Waals surface area (Å²) in [5.74, 6) is 0. The van der Waals surface area contributed by atoms with E-state index in [0.717, 1.165) is 95.2 Å². The van der Waals surface area contributed by atoms with Crippen LogP contribution in [0.2, 0.25) is 0 Å². The van der Waals surface area contributed by atoms with Crippen LogP contribution in [-0.4, -0.2) is 99.5 Å². The molecule has 0 atom stereocenters. The second-order valence-corrected chi connectivity index (χ2v) is 9.24. The van der Waals surface area contributed by atoms with Crippen molar-refractivity contribution in [3.8, 4) is 11.1 Å². The van der Waals surface area contributed by atoms with E-state index in [1.165, 1.54) is 0 Å². The Morgan fingerprint density at radius 2 is 1.56 bits per heavy atom. The van der Waals surface area contributed by atoms with E-state index < -0.39 is 0 Å². The molecule has 0 aliphatic carbocycles. The number of likely N-dealkylation sites (tertiary alicyclic amines) is 1. The van der Waals surface area contributed by atoms with Crippen molar-refractivity contribution < 1.29 is 14.3 Å². The van der Waals surface area contributed by atoms with Crippen molar-refractivity contribution in [1.82, 2.24) is 14.7 Å². The molecule has 2 saturated heterocycles. The van der Waals surface area contributed by atoms with Crippen molar-refractivity contribution in [2.75, 3.05) is 77.9 Å². The molecular weight excluding hydrogens is 428 g/mol. The number of morpholine rings is 1. The molecule has 0 radical (unpaired) electrons. The molecule has 34 heavy (non-hydrogen) atoms. The fourth-order valence-electron chi connectivity index (χ4n) is 4.56. The lowest BCUT2D eigenvalue weighted by molar-refractivity contribution is 0.0330. The lowest BCUT2D eigenvalue weighted by Gasteiger charge is -2.33. The largest absolute Gasteiger partial charge is 0.446 e. The number of likely N-dealkylation sites (N-methyl/N-ethyl adjacent to an activating group) is 1. The first-order chi connectivity index (χ1) is 16.7. The van der Waals surface area contributed by atoms with Crippen LogP contribution < -0.4 is 5.32 Å². The Bertz CT molecular complexity index is 880. The predicted octanol–water partition coefficient (Wildman–Crippen LogP) is 3.63. The molecule has 1 amide bonds. The average molecular weight is 467 g/mol. The number of anilines is 1. The number of piperidine rings is 1. The summed E-state index contributed by atoms with van der Waals surface area (Å²) < 4.78 is 11.2. The maximum atomic E-state index is 12.6. The summed E-state index contributed by atoms with van der Waals surface area (Å²) in [5.41, 5.74) is 2.84. The van der Waals surface area contributed by atoms with E-state index in [-0.39, 0.29) is 12.2 Å². The van der Waals surface area contributed by atoms with E-state index in [2.05, 4.69) is 27.1 Å². The van der Waals surface area contributed by atoms with Crippen LogP contribution in [0.3, 0.4) is 0 Å². The lowest BCUT2D eigenvalue weighted by atomic mass is 10.0. The molecule has 2 heterocycles. The Labute approximate surface area is 203 Å². The molecule has 0 bridgehead atoms. The molecule has 2 aromatic rings. The van der Waals surface area contributed by atoms with Gasteiger partial charge >= 0.3 is 6.09 Å². The van der Waals surface area contributed by atoms with Gasteiger partial charge in [0.25, 0.3) is 0 Å². The van der Waals surface area contributed by atoms with Gasteiger partial charge in [-0.3, -0.25) is 10.2 Å². The SMILES string of the molecule is CN(CCN1CCOCC1)CCN1CCC(OC(=O)Nc2ccccc2-c2ccccc2)CC1. The van der Waals surface area contributed by atoms with E-state index in [9.17, 15) is 4.79 Å². The molecule has 7 nitrogen and oxygen atoms in total. The first-order valence-corrected chi connectivity index (χ1v) is 12.5. The van der Waals surface area contributed by atoms with Crippen LogP contribution in [-0.2, 0) is 9.47 Å². The van der Waals surface area contributed by atoms with Gasteiger partial charge in [-0.25, -0.2) is 4.79 Å². The zero-order valence-electron chi connectivity index (χ0n) is 20.3. The first-order valence-electron chi connectivity index (χ1n) is 12.5. The van der Waals surface area contributed by atoms with Gasteiger partial charge in [-0.1, -0.05) is 48.5 Å². The number of hydrogen-bond acceptors (Lipinski definition) is 6. The van der Waals surface area contributed by atoms with Gasteiger partial charge in [0.15, 0.2) is 0 Å². The van der Waals surface area contributed by atoms with Crippen LogP contribution in [0.25, 0.3) is 11.1 Å². The number of benzene rings is 2. The lowest BCUT2D eigenvalue weighted by Crippen LogP contribution is -2.44. The molecule has 2 aliphatic heterocycles. The van der Waals surface area contributed by atoms with Gasteiger partial charge in [0, 0.05) is 57.9 Å². The van der Waals surface area contributed by atoms with Gasteiger partial charge in [0.2, 0.25) is 0 Å². The number of carbonyl (C=O) groups is 1. The summed E-state index contributed by atoms with van der Waals surface area (Å²) >= 11 is 0. The third-order valence-corrected chi connectivity index (χ3v) is 6.76. The molecule has 1 N–H and O–H groups in total. The molecule has 2 aromatic carbocycles. The highest BCUT2D eigenvalue weighted by Gasteiger charge is 2.23. The van der Waals surface area contributed by atoms with Gasteiger partial charge in [0.05, 0.1) is 18.9 Å². The summed E-state index contributed by atoms with van der Waals surface area (Å²) in [7, 11) is 2.20. The van der Waals surface area contributed by atoms with Gasteiger partial charge < -0.3 is 19.3 Å². The van der Waals surface area contributed by atoms with Crippen LogP contribution in [0.4, 0.5) is 10.5 Å². The Morgan fingerprint density at radius 1 is 0.941 bits per heavy atom. The third-order valence-electron chi connectivity index (χ3n) is 6.76. The van der Waals surface area contributed by atoms with E-state index in [0.29, 0.717) is 0 Å². The molecule has 0 spiro atoms. The van der Waals surface area contributed by atoms with E-state index >= 15 is 0 Å². The number of amides is 1. The van der Waals surface area contributed by atoms with Gasteiger partial charge in [-0.2, -0.15) is 0 Å². The highest BCUT2D eigenvalue weighted by molar-refractivity contribution is 5.91. The summed E-state index contributed by atoms with van der Waals surface area (Å²) in [6.07, 6.45) is 1.36. The molecular formula is C27H38N4O3. The Hall–Kier alpha value is -2.45. The van der Waals surface area contributed by atoms with E-state index in [1.54, 1.807) is 0 Å². The topological polar surface area (TPSA) is 57.3 Å². The highest BCUT2D eigenvalue weighted by atomic mass is 16.6. The van der Waals surface area contributed by atoms with E-state index in [1.807, 2.05) is 54.6 Å². The Kier molecular flexibility index (Phi) is 9.33. The fourth-order valence-corrected chi connectivity index (χ4v) is 4.56. The minimum Gasteiger partial charge on any atom is -0.446 e. The monoisotopic (exact) mass is 466 g/mol. The zero-order chi connectivity index (χ0) is 23.6. The minimum atomic E-state index is -0.371. The van der Waals surface area contributed by atoms with Crippen LogP contribution in [0.5, 0.6) is 0 Å². The van der Waals surface area contributed by atoms with Crippen molar-refractivity contribution in [2.45, 2.75) is 18.9 Å². The predicted molar refractivity (Wildman–Crippen MR) is 136 cm³/mol. The third kappa shape index (κ3) is 7.53. The minimum absolute atomic E-state index is 0.0285. The second-order valence-electron chi connectivity index (χ2n) is 9.24. The number of para-hydroxylation sites is 1. The van der Waals surface area contributed by atoms with Gasteiger partial charge in [0.1, 0.15) is 6.10 Å². The Balaban J connectivity index is 1.15. The zero-order valence-corrected chi connectivity index (χ0v) is 20.3. The van der Waals surface area contributed by atoms with Gasteiger partial charge in [-0.05, 0) is 31.5 Å². The second kappa shape index (κ2) is 12.9. The van der Waals surface area contributed by atoms with Crippen LogP contribution in [0.15, 0.2) is 54.6 Å². The van der Waals surface area contributed by atoms with Crippen LogP contribution >= 0.6 is 0 Å². The van der Waals surface area contributed by atoms with Crippen LogP contribution in [0, 0.1) is 0 Å². The molecule has 2 aliphatic rings. The fraction of sp³-hybridized carbons (Fsp3) is 0.519. The van der Waals surface area contributed by atoms with E-state index in [4.69, 9.17) is 9.47 Å². The first kappa shape index (κ1) is 24.7. The quantitative estimate of drug-likeness (QED) is 0.609. The molecule has 184 valence electrons. The number of nitrogens with one attached hydrogen (secondary N) is 1. The van der Waals surface area contributed by atoms with Crippen molar-refractivity contribution in [1.29, 1.82) is 0 Å². The maximum Gasteiger partial charge on any atom is 0.411 e. The molecule has 7 heteroatoms. The highest BCUT2D eigenvalue weighted by Crippen LogP contribution is 2.28. The summed E-state index contributed by atoms with van der Waals surface area (Å²) in [6, 6.07) is 17.9. The molecule has 2 fully saturated rings. The smallest absolute Gasteiger partial charge is 0.411 e.